The van der Waals surface area contributed by atoms with Crippen LogP contribution in [0.15, 0.2) is 36.4 Å². The Kier molecular flexibility index (Phi) is 5.47. The van der Waals surface area contributed by atoms with Crippen molar-refractivity contribution in [3.8, 4) is 5.75 Å². The average molecular weight is 354 g/mol. The molecule has 0 radical (unpaired) electrons. The number of anilines is 1. The lowest BCUT2D eigenvalue weighted by molar-refractivity contribution is 0.0696. The maximum atomic E-state index is 12.2. The Bertz CT molecular complexity index is 762. The fraction of sp³-hybridized carbons (Fsp3) is 0.125. The number of carboxylic acids is 1. The van der Waals surface area contributed by atoms with E-state index in [1.807, 2.05) is 6.92 Å². The van der Waals surface area contributed by atoms with E-state index in [1.165, 1.54) is 24.3 Å². The van der Waals surface area contributed by atoms with Crippen molar-refractivity contribution in [1.82, 2.24) is 0 Å². The van der Waals surface area contributed by atoms with Gasteiger partial charge in [0.05, 0.1) is 22.2 Å². The quantitative estimate of drug-likeness (QED) is 0.837. The lowest BCUT2D eigenvalue weighted by Gasteiger charge is -2.09. The minimum atomic E-state index is -1.17. The van der Waals surface area contributed by atoms with Crippen LogP contribution in [0.4, 0.5) is 5.69 Å². The van der Waals surface area contributed by atoms with Crippen molar-refractivity contribution in [1.29, 1.82) is 0 Å². The highest BCUT2D eigenvalue weighted by atomic mass is 35.5. The lowest BCUT2D eigenvalue weighted by Crippen LogP contribution is -2.12. The van der Waals surface area contributed by atoms with E-state index < -0.39 is 11.9 Å². The number of hydrogen-bond donors (Lipinski definition) is 2. The maximum Gasteiger partial charge on any atom is 0.337 e. The maximum absolute atomic E-state index is 12.2. The Hall–Kier alpha value is -2.24. The molecule has 5 nitrogen and oxygen atoms in total. The number of ether oxygens (including phenoxy) is 1. The first-order valence-corrected chi connectivity index (χ1v) is 7.44. The first kappa shape index (κ1) is 17.1. The van der Waals surface area contributed by atoms with Crippen LogP contribution in [0.25, 0.3) is 0 Å². The van der Waals surface area contributed by atoms with Crippen LogP contribution in [-0.2, 0) is 0 Å². The highest BCUT2D eigenvalue weighted by molar-refractivity contribution is 6.33. The SMILES string of the molecule is CCOc1ccc(C(=O)Nc2ccc(Cl)c(C(=O)O)c2)cc1Cl. The molecule has 0 fully saturated rings. The molecule has 1 amide bonds. The van der Waals surface area contributed by atoms with Crippen LogP contribution in [0.1, 0.15) is 27.6 Å². The van der Waals surface area contributed by atoms with Crippen LogP contribution in [0.5, 0.6) is 5.75 Å². The summed E-state index contributed by atoms with van der Waals surface area (Å²) in [6.07, 6.45) is 0. The highest BCUT2D eigenvalue weighted by Crippen LogP contribution is 2.26. The molecule has 2 N–H and O–H groups in total. The van der Waals surface area contributed by atoms with E-state index in [1.54, 1.807) is 12.1 Å². The second kappa shape index (κ2) is 7.35. The molecule has 0 aromatic heterocycles. The van der Waals surface area contributed by atoms with Gasteiger partial charge >= 0.3 is 5.97 Å². The molecular weight excluding hydrogens is 341 g/mol. The monoisotopic (exact) mass is 353 g/mol. The summed E-state index contributed by atoms with van der Waals surface area (Å²) in [5, 5.41) is 12.0. The van der Waals surface area contributed by atoms with E-state index in [0.29, 0.717) is 28.6 Å². The van der Waals surface area contributed by atoms with Crippen molar-refractivity contribution < 1.29 is 19.4 Å². The molecule has 0 heterocycles. The van der Waals surface area contributed by atoms with E-state index in [0.717, 1.165) is 0 Å². The van der Waals surface area contributed by atoms with Crippen LogP contribution in [0.2, 0.25) is 10.0 Å². The molecular formula is C16H13Cl2NO4. The summed E-state index contributed by atoms with van der Waals surface area (Å²) in [5.74, 6) is -1.10. The van der Waals surface area contributed by atoms with Gasteiger partial charge in [-0.1, -0.05) is 23.2 Å². The first-order valence-electron chi connectivity index (χ1n) is 6.69. The zero-order valence-corrected chi connectivity index (χ0v) is 13.6. The second-order valence-corrected chi connectivity index (χ2v) is 5.35. The molecule has 2 rings (SSSR count). The Balaban J connectivity index is 2.21. The van der Waals surface area contributed by atoms with Crippen molar-refractivity contribution in [2.24, 2.45) is 0 Å². The minimum absolute atomic E-state index is 0.0887. The molecule has 0 atom stereocenters. The molecule has 7 heteroatoms. The van der Waals surface area contributed by atoms with Gasteiger partial charge in [-0.2, -0.15) is 0 Å². The third-order valence-corrected chi connectivity index (χ3v) is 3.57. The highest BCUT2D eigenvalue weighted by Gasteiger charge is 2.13. The van der Waals surface area contributed by atoms with Crippen LogP contribution in [0, 0.1) is 0 Å². The predicted octanol–water partition coefficient (Wildman–Crippen LogP) is 4.34. The zero-order valence-electron chi connectivity index (χ0n) is 12.1. The van der Waals surface area contributed by atoms with Gasteiger partial charge in [0.1, 0.15) is 5.75 Å². The fourth-order valence-corrected chi connectivity index (χ4v) is 2.32. The van der Waals surface area contributed by atoms with Crippen LogP contribution < -0.4 is 10.1 Å². The van der Waals surface area contributed by atoms with Crippen molar-refractivity contribution >= 4 is 40.8 Å². The molecule has 0 saturated heterocycles. The number of hydrogen-bond acceptors (Lipinski definition) is 3. The van der Waals surface area contributed by atoms with Gasteiger partial charge in [0.15, 0.2) is 0 Å². The molecule has 0 saturated carbocycles. The first-order chi connectivity index (χ1) is 10.9. The van der Waals surface area contributed by atoms with Gasteiger partial charge in [-0.15, -0.1) is 0 Å². The second-order valence-electron chi connectivity index (χ2n) is 4.53. The fourth-order valence-electron chi connectivity index (χ4n) is 1.88. The largest absolute Gasteiger partial charge is 0.492 e. The summed E-state index contributed by atoms with van der Waals surface area (Å²) in [4.78, 5) is 23.3. The summed E-state index contributed by atoms with van der Waals surface area (Å²) in [6.45, 7) is 2.30. The lowest BCUT2D eigenvalue weighted by atomic mass is 10.1. The molecule has 23 heavy (non-hydrogen) atoms. The summed E-state index contributed by atoms with van der Waals surface area (Å²) in [5.41, 5.74) is 0.557. The minimum Gasteiger partial charge on any atom is -0.492 e. The molecule has 0 aliphatic rings. The van der Waals surface area contributed by atoms with E-state index in [4.69, 9.17) is 33.0 Å². The molecule has 2 aromatic rings. The van der Waals surface area contributed by atoms with Gasteiger partial charge < -0.3 is 15.2 Å². The summed E-state index contributed by atoms with van der Waals surface area (Å²) >= 11 is 11.8. The summed E-state index contributed by atoms with van der Waals surface area (Å²) in [6, 6.07) is 8.87. The number of rotatable bonds is 5. The average Bonchev–Trinajstić information content (AvgIpc) is 2.51. The number of benzene rings is 2. The molecule has 0 aliphatic heterocycles. The molecule has 0 aliphatic carbocycles. The number of carbonyl (C=O) groups excluding carboxylic acids is 1. The summed E-state index contributed by atoms with van der Waals surface area (Å²) < 4.78 is 5.30. The molecule has 0 unspecified atom stereocenters. The third-order valence-electron chi connectivity index (χ3n) is 2.95. The van der Waals surface area contributed by atoms with Gasteiger partial charge in [0.25, 0.3) is 5.91 Å². The summed E-state index contributed by atoms with van der Waals surface area (Å²) in [7, 11) is 0. The molecule has 120 valence electrons. The van der Waals surface area contributed by atoms with Gasteiger partial charge in [-0.25, -0.2) is 4.79 Å². The van der Waals surface area contributed by atoms with Crippen molar-refractivity contribution in [3.63, 3.8) is 0 Å². The van der Waals surface area contributed by atoms with Crippen molar-refractivity contribution in [2.75, 3.05) is 11.9 Å². The van der Waals surface area contributed by atoms with E-state index in [-0.39, 0.29) is 10.6 Å². The van der Waals surface area contributed by atoms with Crippen molar-refractivity contribution in [3.05, 3.63) is 57.6 Å². The standard InChI is InChI=1S/C16H13Cl2NO4/c1-2-23-14-6-3-9(7-13(14)18)15(20)19-10-4-5-12(17)11(8-10)16(21)22/h3-8H,2H2,1H3,(H,19,20)(H,21,22). The molecule has 0 spiro atoms. The van der Waals surface area contributed by atoms with Crippen molar-refractivity contribution in [2.45, 2.75) is 6.92 Å². The Morgan fingerprint density at radius 1 is 1.13 bits per heavy atom. The number of carbonyl (C=O) groups is 2. The molecule has 0 bridgehead atoms. The van der Waals surface area contributed by atoms with Gasteiger partial charge in [-0.05, 0) is 43.3 Å². The Morgan fingerprint density at radius 2 is 1.87 bits per heavy atom. The van der Waals surface area contributed by atoms with E-state index in [9.17, 15) is 9.59 Å². The van der Waals surface area contributed by atoms with Crippen LogP contribution >= 0.6 is 23.2 Å². The van der Waals surface area contributed by atoms with Gasteiger partial charge in [-0.3, -0.25) is 4.79 Å². The number of nitrogens with one attached hydrogen (secondary N) is 1. The van der Waals surface area contributed by atoms with E-state index in [2.05, 4.69) is 5.32 Å². The van der Waals surface area contributed by atoms with Gasteiger partial charge in [0, 0.05) is 11.3 Å². The third kappa shape index (κ3) is 4.15. The zero-order chi connectivity index (χ0) is 17.0. The van der Waals surface area contributed by atoms with Crippen LogP contribution in [-0.4, -0.2) is 23.6 Å². The number of aromatic carboxylic acids is 1. The number of halogens is 2. The Labute approximate surface area is 142 Å². The molecule has 2 aromatic carbocycles. The topological polar surface area (TPSA) is 75.6 Å². The number of carboxylic acid groups (broad SMARTS) is 1. The van der Waals surface area contributed by atoms with Crippen LogP contribution in [0.3, 0.4) is 0 Å². The predicted molar refractivity (Wildman–Crippen MR) is 89.0 cm³/mol. The number of amides is 1. The van der Waals surface area contributed by atoms with E-state index >= 15 is 0 Å². The smallest absolute Gasteiger partial charge is 0.337 e. The normalized spacial score (nSPS) is 10.2. The Morgan fingerprint density at radius 3 is 2.48 bits per heavy atom. The van der Waals surface area contributed by atoms with Gasteiger partial charge in [0.2, 0.25) is 0 Å².